The Bertz CT molecular complexity index is 563. The van der Waals surface area contributed by atoms with Gasteiger partial charge in [-0.25, -0.2) is 4.79 Å². The van der Waals surface area contributed by atoms with E-state index in [0.29, 0.717) is 11.3 Å². The van der Waals surface area contributed by atoms with Crippen molar-refractivity contribution >= 4 is 17.6 Å². The Kier molecular flexibility index (Phi) is 5.92. The molecule has 0 saturated heterocycles. The summed E-state index contributed by atoms with van der Waals surface area (Å²) in [4.78, 5) is 22.8. The molecule has 0 heterocycles. The van der Waals surface area contributed by atoms with Gasteiger partial charge in [0.1, 0.15) is 11.3 Å². The topological polar surface area (TPSA) is 95.9 Å². The number of amides is 1. The van der Waals surface area contributed by atoms with Crippen LogP contribution in [-0.2, 0) is 16.0 Å². The minimum Gasteiger partial charge on any atom is -0.507 e. The number of aliphatic hydroxyl groups is 1. The Morgan fingerprint density at radius 1 is 1.43 bits per heavy atom. The molecule has 0 aliphatic heterocycles. The van der Waals surface area contributed by atoms with Crippen LogP contribution in [0.3, 0.4) is 0 Å². The standard InChI is InChI=1S/C15H19NO5/c1-9(17)5-4-6-11-13(16-10(2)18)8-7-12(14(11)19)15(20)21-3/h4-5,7-9,17,19H,6H2,1-3H3,(H,16,18). The summed E-state index contributed by atoms with van der Waals surface area (Å²) >= 11 is 0. The number of esters is 1. The second kappa shape index (κ2) is 7.44. The van der Waals surface area contributed by atoms with Crippen LogP contribution < -0.4 is 5.32 Å². The van der Waals surface area contributed by atoms with Gasteiger partial charge in [0.25, 0.3) is 0 Å². The van der Waals surface area contributed by atoms with Crippen molar-refractivity contribution in [2.75, 3.05) is 12.4 Å². The van der Waals surface area contributed by atoms with Gasteiger partial charge in [-0.3, -0.25) is 4.79 Å². The molecule has 0 aliphatic carbocycles. The van der Waals surface area contributed by atoms with Crippen LogP contribution in [-0.4, -0.2) is 35.3 Å². The van der Waals surface area contributed by atoms with E-state index in [2.05, 4.69) is 10.1 Å². The van der Waals surface area contributed by atoms with E-state index in [1.807, 2.05) is 0 Å². The lowest BCUT2D eigenvalue weighted by molar-refractivity contribution is -0.114. The van der Waals surface area contributed by atoms with Gasteiger partial charge in [-0.15, -0.1) is 0 Å². The fraction of sp³-hybridized carbons (Fsp3) is 0.333. The first kappa shape index (κ1) is 16.7. The van der Waals surface area contributed by atoms with Gasteiger partial charge in [0, 0.05) is 18.2 Å². The molecule has 1 aromatic carbocycles. The number of phenols is 1. The van der Waals surface area contributed by atoms with Crippen LogP contribution in [0.1, 0.15) is 29.8 Å². The highest BCUT2D eigenvalue weighted by atomic mass is 16.5. The van der Waals surface area contributed by atoms with Gasteiger partial charge in [0.2, 0.25) is 5.91 Å². The van der Waals surface area contributed by atoms with Gasteiger partial charge in [-0.05, 0) is 25.5 Å². The van der Waals surface area contributed by atoms with E-state index in [-0.39, 0.29) is 23.6 Å². The second-order valence-electron chi connectivity index (χ2n) is 4.53. The molecule has 1 rings (SSSR count). The van der Waals surface area contributed by atoms with E-state index in [4.69, 9.17) is 0 Å². The highest BCUT2D eigenvalue weighted by Gasteiger charge is 2.18. The smallest absolute Gasteiger partial charge is 0.341 e. The number of hydrogen-bond donors (Lipinski definition) is 3. The van der Waals surface area contributed by atoms with E-state index < -0.39 is 12.1 Å². The van der Waals surface area contributed by atoms with Crippen LogP contribution in [0.15, 0.2) is 24.3 Å². The summed E-state index contributed by atoms with van der Waals surface area (Å²) in [5.74, 6) is -1.20. The maximum atomic E-state index is 11.6. The van der Waals surface area contributed by atoms with Crippen molar-refractivity contribution in [2.45, 2.75) is 26.4 Å². The van der Waals surface area contributed by atoms with Gasteiger partial charge in [-0.2, -0.15) is 0 Å². The lowest BCUT2D eigenvalue weighted by Crippen LogP contribution is -2.10. The molecule has 0 bridgehead atoms. The molecule has 114 valence electrons. The van der Waals surface area contributed by atoms with Gasteiger partial charge >= 0.3 is 5.97 Å². The predicted octanol–water partition coefficient (Wildman–Crippen LogP) is 1.62. The quantitative estimate of drug-likeness (QED) is 0.566. The molecule has 1 amide bonds. The normalized spacial score (nSPS) is 12.2. The number of hydrogen-bond acceptors (Lipinski definition) is 5. The molecule has 0 aliphatic rings. The Hall–Kier alpha value is -2.34. The van der Waals surface area contributed by atoms with Crippen LogP contribution >= 0.6 is 0 Å². The van der Waals surface area contributed by atoms with Gasteiger partial charge in [-0.1, -0.05) is 12.2 Å². The van der Waals surface area contributed by atoms with E-state index >= 15 is 0 Å². The maximum absolute atomic E-state index is 11.6. The SMILES string of the molecule is COC(=O)c1ccc(NC(C)=O)c(CC=CC(C)O)c1O. The van der Waals surface area contributed by atoms with Crippen molar-refractivity contribution in [3.63, 3.8) is 0 Å². The number of carbonyl (C=O) groups excluding carboxylic acids is 2. The van der Waals surface area contributed by atoms with Crippen molar-refractivity contribution in [1.29, 1.82) is 0 Å². The summed E-state index contributed by atoms with van der Waals surface area (Å²) in [7, 11) is 1.22. The number of aliphatic hydroxyl groups excluding tert-OH is 1. The second-order valence-corrected chi connectivity index (χ2v) is 4.53. The summed E-state index contributed by atoms with van der Waals surface area (Å²) in [6.07, 6.45) is 2.81. The largest absolute Gasteiger partial charge is 0.507 e. The number of benzene rings is 1. The average Bonchev–Trinajstić information content (AvgIpc) is 2.40. The van der Waals surface area contributed by atoms with Crippen LogP contribution in [0.2, 0.25) is 0 Å². The number of rotatable bonds is 5. The predicted molar refractivity (Wildman–Crippen MR) is 78.3 cm³/mol. The van der Waals surface area contributed by atoms with Crippen molar-refractivity contribution in [2.24, 2.45) is 0 Å². The summed E-state index contributed by atoms with van der Waals surface area (Å²) < 4.78 is 4.59. The Labute approximate surface area is 123 Å². The Balaban J connectivity index is 3.24. The van der Waals surface area contributed by atoms with E-state index in [9.17, 15) is 19.8 Å². The van der Waals surface area contributed by atoms with Crippen LogP contribution in [0.25, 0.3) is 0 Å². The number of allylic oxidation sites excluding steroid dienone is 1. The maximum Gasteiger partial charge on any atom is 0.341 e. The zero-order chi connectivity index (χ0) is 16.0. The fourth-order valence-corrected chi connectivity index (χ4v) is 1.81. The summed E-state index contributed by atoms with van der Waals surface area (Å²) in [5, 5.41) is 22.0. The lowest BCUT2D eigenvalue weighted by atomic mass is 10.0. The molecule has 0 radical (unpaired) electrons. The average molecular weight is 293 g/mol. The van der Waals surface area contributed by atoms with E-state index in [1.165, 1.54) is 26.2 Å². The number of aromatic hydroxyl groups is 1. The number of phenolic OH excluding ortho intramolecular Hbond substituents is 1. The minimum atomic E-state index is -0.664. The number of nitrogens with one attached hydrogen (secondary N) is 1. The zero-order valence-corrected chi connectivity index (χ0v) is 12.2. The minimum absolute atomic E-state index is 0.0204. The van der Waals surface area contributed by atoms with Crippen molar-refractivity contribution < 1.29 is 24.5 Å². The molecule has 1 unspecified atom stereocenters. The van der Waals surface area contributed by atoms with Crippen LogP contribution in [0.5, 0.6) is 5.75 Å². The third-order valence-corrected chi connectivity index (χ3v) is 2.74. The molecule has 6 nitrogen and oxygen atoms in total. The summed E-state index contributed by atoms with van der Waals surface area (Å²) in [5.41, 5.74) is 0.806. The molecule has 21 heavy (non-hydrogen) atoms. The molecule has 0 spiro atoms. The third-order valence-electron chi connectivity index (χ3n) is 2.74. The van der Waals surface area contributed by atoms with Gasteiger partial charge < -0.3 is 20.3 Å². The first-order chi connectivity index (χ1) is 9.86. The first-order valence-corrected chi connectivity index (χ1v) is 6.42. The molecule has 0 fully saturated rings. The number of methoxy groups -OCH3 is 1. The molecule has 0 saturated carbocycles. The molecular weight excluding hydrogens is 274 g/mol. The van der Waals surface area contributed by atoms with Gasteiger partial charge in [0.15, 0.2) is 0 Å². The fourth-order valence-electron chi connectivity index (χ4n) is 1.81. The van der Waals surface area contributed by atoms with Crippen molar-refractivity contribution in [3.05, 3.63) is 35.4 Å². The molecule has 1 atom stereocenters. The zero-order valence-electron chi connectivity index (χ0n) is 12.2. The molecule has 0 aromatic heterocycles. The van der Waals surface area contributed by atoms with Crippen molar-refractivity contribution in [1.82, 2.24) is 0 Å². The molecule has 3 N–H and O–H groups in total. The Morgan fingerprint density at radius 2 is 2.10 bits per heavy atom. The number of carbonyl (C=O) groups is 2. The molecule has 6 heteroatoms. The highest BCUT2D eigenvalue weighted by Crippen LogP contribution is 2.31. The lowest BCUT2D eigenvalue weighted by Gasteiger charge is -2.13. The van der Waals surface area contributed by atoms with E-state index in [0.717, 1.165) is 0 Å². The van der Waals surface area contributed by atoms with Crippen molar-refractivity contribution in [3.8, 4) is 5.75 Å². The van der Waals surface area contributed by atoms with Crippen LogP contribution in [0.4, 0.5) is 5.69 Å². The molecular formula is C15H19NO5. The van der Waals surface area contributed by atoms with Gasteiger partial charge in [0.05, 0.1) is 13.2 Å². The van der Waals surface area contributed by atoms with E-state index in [1.54, 1.807) is 19.1 Å². The summed E-state index contributed by atoms with van der Waals surface area (Å²) in [6, 6.07) is 2.91. The van der Waals surface area contributed by atoms with Crippen LogP contribution in [0, 0.1) is 0 Å². The first-order valence-electron chi connectivity index (χ1n) is 6.42. The number of anilines is 1. The third kappa shape index (κ3) is 4.61. The molecule has 1 aromatic rings. The summed E-state index contributed by atoms with van der Waals surface area (Å²) in [6.45, 7) is 2.94. The highest BCUT2D eigenvalue weighted by molar-refractivity contribution is 5.96. The number of ether oxygens (including phenoxy) is 1. The Morgan fingerprint density at radius 3 is 2.62 bits per heavy atom. The monoisotopic (exact) mass is 293 g/mol.